The van der Waals surface area contributed by atoms with Crippen molar-refractivity contribution in [3.63, 3.8) is 0 Å². The van der Waals surface area contributed by atoms with Crippen molar-refractivity contribution in [1.29, 1.82) is 0 Å². The van der Waals surface area contributed by atoms with Crippen LogP contribution in [-0.2, 0) is 0 Å². The van der Waals surface area contributed by atoms with Crippen LogP contribution in [0.4, 0.5) is 0 Å². The van der Waals surface area contributed by atoms with Gasteiger partial charge in [-0.25, -0.2) is 0 Å². The summed E-state index contributed by atoms with van der Waals surface area (Å²) in [5.74, 6) is 0.727. The van der Waals surface area contributed by atoms with Gasteiger partial charge in [0.25, 0.3) is 0 Å². The summed E-state index contributed by atoms with van der Waals surface area (Å²) in [6.07, 6.45) is 3.46. The molecule has 0 radical (unpaired) electrons. The van der Waals surface area contributed by atoms with Crippen molar-refractivity contribution in [3.8, 4) is 16.9 Å². The van der Waals surface area contributed by atoms with Crippen LogP contribution in [0, 0.1) is 13.8 Å². The highest BCUT2D eigenvalue weighted by Gasteiger charge is 2.08. The number of halogens is 1. The Morgan fingerprint density at radius 3 is 2.39 bits per heavy atom. The maximum absolute atomic E-state index is 12.7. The lowest BCUT2D eigenvalue weighted by atomic mass is 9.98. The molecule has 160 valence electrons. The molecule has 4 heteroatoms. The van der Waals surface area contributed by atoms with Gasteiger partial charge in [0, 0.05) is 22.1 Å². The third kappa shape index (κ3) is 6.65. The van der Waals surface area contributed by atoms with Gasteiger partial charge in [-0.05, 0) is 75.5 Å². The number of carbonyl (C=O) groups excluding carboxylic acids is 1. The highest BCUT2D eigenvalue weighted by molar-refractivity contribution is 9.10. The van der Waals surface area contributed by atoms with Crippen LogP contribution in [0.3, 0.4) is 0 Å². The van der Waals surface area contributed by atoms with E-state index in [-0.39, 0.29) is 5.78 Å². The molecule has 3 rings (SSSR count). The first kappa shape index (κ1) is 23.0. The van der Waals surface area contributed by atoms with Crippen LogP contribution in [0.5, 0.6) is 5.75 Å². The number of rotatable bonds is 8. The summed E-state index contributed by atoms with van der Waals surface area (Å²) < 4.78 is 6.92. The SMILES string of the molecule is Cc1cc(C)cc(-c2ccc(OCCN(C)C)c(C=CC(=O)c3cccc(Br)c3)c2)c1. The number of ether oxygens (including phenoxy) is 1. The Labute approximate surface area is 193 Å². The third-order valence-corrected chi connectivity index (χ3v) is 5.38. The largest absolute Gasteiger partial charge is 0.492 e. The molecule has 0 amide bonds. The summed E-state index contributed by atoms with van der Waals surface area (Å²) in [7, 11) is 4.04. The van der Waals surface area contributed by atoms with Crippen LogP contribution < -0.4 is 4.74 Å². The van der Waals surface area contributed by atoms with Gasteiger partial charge in [-0.2, -0.15) is 0 Å². The predicted octanol–water partition coefficient (Wildman–Crippen LogP) is 6.57. The van der Waals surface area contributed by atoms with Gasteiger partial charge in [-0.1, -0.05) is 63.5 Å². The zero-order valence-electron chi connectivity index (χ0n) is 18.5. The van der Waals surface area contributed by atoms with Gasteiger partial charge < -0.3 is 9.64 Å². The molecule has 0 spiro atoms. The second-order valence-electron chi connectivity index (χ2n) is 7.99. The molecule has 0 atom stereocenters. The first-order valence-corrected chi connectivity index (χ1v) is 11.1. The summed E-state index contributed by atoms with van der Waals surface area (Å²) in [6, 6.07) is 20.1. The quantitative estimate of drug-likeness (QED) is 0.271. The molecule has 3 aromatic carbocycles. The average Bonchev–Trinajstić information content (AvgIpc) is 2.71. The molecule has 0 bridgehead atoms. The predicted molar refractivity (Wildman–Crippen MR) is 133 cm³/mol. The summed E-state index contributed by atoms with van der Waals surface area (Å²) in [5.41, 5.74) is 6.24. The third-order valence-electron chi connectivity index (χ3n) is 4.88. The minimum atomic E-state index is -0.0441. The molecular formula is C27H28BrNO2. The van der Waals surface area contributed by atoms with E-state index in [4.69, 9.17) is 4.74 Å². The molecule has 0 aliphatic rings. The first-order valence-electron chi connectivity index (χ1n) is 10.3. The number of nitrogens with zero attached hydrogens (tertiary/aromatic N) is 1. The van der Waals surface area contributed by atoms with Crippen molar-refractivity contribution in [1.82, 2.24) is 4.90 Å². The number of likely N-dealkylation sites (N-methyl/N-ethyl adjacent to an activating group) is 1. The number of allylic oxidation sites excluding steroid dienone is 1. The van der Waals surface area contributed by atoms with Crippen LogP contribution in [0.25, 0.3) is 17.2 Å². The molecule has 0 N–H and O–H groups in total. The van der Waals surface area contributed by atoms with Crippen molar-refractivity contribution in [3.05, 3.63) is 93.5 Å². The fraction of sp³-hybridized carbons (Fsp3) is 0.222. The van der Waals surface area contributed by atoms with Gasteiger partial charge in [0.15, 0.2) is 5.78 Å². The topological polar surface area (TPSA) is 29.5 Å². The van der Waals surface area contributed by atoms with Gasteiger partial charge in [-0.15, -0.1) is 0 Å². The summed E-state index contributed by atoms with van der Waals surface area (Å²) in [4.78, 5) is 14.8. The lowest BCUT2D eigenvalue weighted by Gasteiger charge is -2.14. The Bertz CT molecular complexity index is 1080. The minimum absolute atomic E-state index is 0.0441. The van der Waals surface area contributed by atoms with E-state index in [0.29, 0.717) is 12.2 Å². The van der Waals surface area contributed by atoms with Crippen LogP contribution >= 0.6 is 15.9 Å². The van der Waals surface area contributed by atoms with E-state index in [2.05, 4.69) is 65.0 Å². The fourth-order valence-electron chi connectivity index (χ4n) is 3.37. The molecule has 31 heavy (non-hydrogen) atoms. The maximum atomic E-state index is 12.7. The number of ketones is 1. The van der Waals surface area contributed by atoms with Gasteiger partial charge in [0.1, 0.15) is 12.4 Å². The van der Waals surface area contributed by atoms with Gasteiger partial charge >= 0.3 is 0 Å². The summed E-state index contributed by atoms with van der Waals surface area (Å²) in [5, 5.41) is 0. The van der Waals surface area contributed by atoms with Crippen molar-refractivity contribution in [2.75, 3.05) is 27.2 Å². The van der Waals surface area contributed by atoms with Gasteiger partial charge in [0.05, 0.1) is 0 Å². The van der Waals surface area contributed by atoms with Crippen LogP contribution in [-0.4, -0.2) is 37.9 Å². The molecule has 0 aromatic heterocycles. The number of benzene rings is 3. The molecule has 0 fully saturated rings. The Hall–Kier alpha value is -2.69. The normalized spacial score (nSPS) is 11.3. The van der Waals surface area contributed by atoms with Crippen LogP contribution in [0.15, 0.2) is 71.2 Å². The number of carbonyl (C=O) groups is 1. The molecule has 0 saturated heterocycles. The number of hydrogen-bond donors (Lipinski definition) is 0. The molecule has 3 aromatic rings. The Balaban J connectivity index is 1.94. The first-order chi connectivity index (χ1) is 14.8. The Morgan fingerprint density at radius 1 is 0.968 bits per heavy atom. The smallest absolute Gasteiger partial charge is 0.185 e. The van der Waals surface area contributed by atoms with Crippen molar-refractivity contribution in [2.45, 2.75) is 13.8 Å². The Morgan fingerprint density at radius 2 is 1.71 bits per heavy atom. The lowest BCUT2D eigenvalue weighted by Crippen LogP contribution is -2.19. The van der Waals surface area contributed by atoms with E-state index < -0.39 is 0 Å². The van der Waals surface area contributed by atoms with E-state index >= 15 is 0 Å². The van der Waals surface area contributed by atoms with Crippen molar-refractivity contribution < 1.29 is 9.53 Å². The fourth-order valence-corrected chi connectivity index (χ4v) is 3.77. The van der Waals surface area contributed by atoms with E-state index in [1.807, 2.05) is 50.5 Å². The molecule has 0 unspecified atom stereocenters. The van der Waals surface area contributed by atoms with Crippen molar-refractivity contribution >= 4 is 27.8 Å². The average molecular weight is 478 g/mol. The standard InChI is InChI=1S/C27H28BrNO2/c1-19-14-20(2)16-24(15-19)21-9-11-27(31-13-12-29(3)4)23(17-21)8-10-26(30)22-6-5-7-25(28)18-22/h5-11,14-18H,12-13H2,1-4H3. The zero-order valence-corrected chi connectivity index (χ0v) is 20.1. The van der Waals surface area contributed by atoms with E-state index in [1.165, 1.54) is 11.1 Å². The lowest BCUT2D eigenvalue weighted by molar-refractivity contribution is 0.104. The zero-order chi connectivity index (χ0) is 22.4. The van der Waals surface area contributed by atoms with Crippen LogP contribution in [0.1, 0.15) is 27.0 Å². The maximum Gasteiger partial charge on any atom is 0.185 e. The molecule has 0 heterocycles. The molecule has 0 aliphatic carbocycles. The van der Waals surface area contributed by atoms with Crippen LogP contribution in [0.2, 0.25) is 0 Å². The number of hydrogen-bond acceptors (Lipinski definition) is 3. The van der Waals surface area contributed by atoms with E-state index in [9.17, 15) is 4.79 Å². The molecule has 3 nitrogen and oxygen atoms in total. The van der Waals surface area contributed by atoms with E-state index in [1.54, 1.807) is 6.08 Å². The minimum Gasteiger partial charge on any atom is -0.492 e. The monoisotopic (exact) mass is 477 g/mol. The van der Waals surface area contributed by atoms with Crippen molar-refractivity contribution in [2.24, 2.45) is 0 Å². The second-order valence-corrected chi connectivity index (χ2v) is 8.90. The molecule has 0 aliphatic heterocycles. The molecule has 0 saturated carbocycles. The summed E-state index contributed by atoms with van der Waals surface area (Å²) >= 11 is 3.42. The highest BCUT2D eigenvalue weighted by atomic mass is 79.9. The molecular weight excluding hydrogens is 450 g/mol. The highest BCUT2D eigenvalue weighted by Crippen LogP contribution is 2.29. The second kappa shape index (κ2) is 10.6. The van der Waals surface area contributed by atoms with E-state index in [0.717, 1.165) is 33.5 Å². The summed E-state index contributed by atoms with van der Waals surface area (Å²) in [6.45, 7) is 5.61. The van der Waals surface area contributed by atoms with Gasteiger partial charge in [0.2, 0.25) is 0 Å². The number of aryl methyl sites for hydroxylation is 2. The Kier molecular flexibility index (Phi) is 7.83. The van der Waals surface area contributed by atoms with Gasteiger partial charge in [-0.3, -0.25) is 4.79 Å².